The van der Waals surface area contributed by atoms with Crippen molar-refractivity contribution in [3.63, 3.8) is 0 Å². The number of aryl methyl sites for hydroxylation is 1. The lowest BCUT2D eigenvalue weighted by Crippen LogP contribution is -2.25. The van der Waals surface area contributed by atoms with E-state index in [2.05, 4.69) is 31.7 Å². The van der Waals surface area contributed by atoms with Crippen LogP contribution in [0.15, 0.2) is 59.5 Å². The average Bonchev–Trinajstić information content (AvgIpc) is 3.16. The fourth-order valence-electron chi connectivity index (χ4n) is 3.89. The highest BCUT2D eigenvalue weighted by Crippen LogP contribution is 2.40. The monoisotopic (exact) mass is 439 g/mol. The van der Waals surface area contributed by atoms with E-state index in [0.717, 1.165) is 16.8 Å². The Kier molecular flexibility index (Phi) is 4.91. The number of nitrogens with one attached hydrogen (secondary N) is 2. The Morgan fingerprint density at radius 3 is 2.70 bits per heavy atom. The summed E-state index contributed by atoms with van der Waals surface area (Å²) in [7, 11) is 0. The van der Waals surface area contributed by atoms with E-state index in [1.807, 2.05) is 19.1 Å². The van der Waals surface area contributed by atoms with Crippen molar-refractivity contribution in [3.05, 3.63) is 87.5 Å². The molecule has 1 aromatic carbocycles. The molecule has 0 bridgehead atoms. The van der Waals surface area contributed by atoms with E-state index in [1.165, 1.54) is 10.7 Å². The van der Waals surface area contributed by atoms with Crippen LogP contribution >= 0.6 is 0 Å². The molecule has 162 valence electrons. The van der Waals surface area contributed by atoms with Gasteiger partial charge >= 0.3 is 0 Å². The van der Waals surface area contributed by atoms with Gasteiger partial charge in [0.25, 0.3) is 5.56 Å². The van der Waals surface area contributed by atoms with Crippen LogP contribution in [0.3, 0.4) is 0 Å². The molecule has 3 aromatic heterocycles. The van der Waals surface area contributed by atoms with Gasteiger partial charge in [-0.2, -0.15) is 20.1 Å². The molecule has 2 N–H and O–H groups in total. The molecule has 4 heterocycles. The van der Waals surface area contributed by atoms with Gasteiger partial charge in [-0.15, -0.1) is 0 Å². The summed E-state index contributed by atoms with van der Waals surface area (Å²) in [6.45, 7) is 1.87. The lowest BCUT2D eigenvalue weighted by Gasteiger charge is -2.24. The molecule has 1 atom stereocenters. The van der Waals surface area contributed by atoms with Crippen molar-refractivity contribution >= 4 is 11.7 Å². The van der Waals surface area contributed by atoms with Crippen molar-refractivity contribution in [2.24, 2.45) is 0 Å². The van der Waals surface area contributed by atoms with Gasteiger partial charge in [0.1, 0.15) is 23.2 Å². The number of hydrogen-bond donors (Lipinski definition) is 2. The third-order valence-corrected chi connectivity index (χ3v) is 5.37. The molecule has 0 saturated carbocycles. The quantitative estimate of drug-likeness (QED) is 0.498. The van der Waals surface area contributed by atoms with Crippen LogP contribution in [0.2, 0.25) is 0 Å². The topological polar surface area (TPSA) is 139 Å². The first-order valence-corrected chi connectivity index (χ1v) is 10.1. The lowest BCUT2D eigenvalue weighted by atomic mass is 9.86. The summed E-state index contributed by atoms with van der Waals surface area (Å²) >= 11 is 0. The molecule has 1 amide bonds. The minimum atomic E-state index is -0.326. The Labute approximate surface area is 187 Å². The van der Waals surface area contributed by atoms with Crippen molar-refractivity contribution in [2.75, 3.05) is 5.32 Å². The highest BCUT2D eigenvalue weighted by atomic mass is 16.5. The van der Waals surface area contributed by atoms with Gasteiger partial charge in [-0.3, -0.25) is 9.59 Å². The third-order valence-electron chi connectivity index (χ3n) is 5.37. The van der Waals surface area contributed by atoms with E-state index in [1.54, 1.807) is 36.5 Å². The van der Waals surface area contributed by atoms with Gasteiger partial charge in [0.15, 0.2) is 5.82 Å². The van der Waals surface area contributed by atoms with Crippen LogP contribution < -0.4 is 15.6 Å². The number of amides is 1. The van der Waals surface area contributed by atoms with Crippen LogP contribution in [-0.4, -0.2) is 30.9 Å². The predicted molar refractivity (Wildman–Crippen MR) is 117 cm³/mol. The fourth-order valence-corrected chi connectivity index (χ4v) is 3.89. The molecule has 4 aromatic rings. The van der Waals surface area contributed by atoms with Crippen molar-refractivity contribution in [1.82, 2.24) is 25.0 Å². The number of fused-ring (bicyclic) bond motifs is 1. The zero-order chi connectivity index (χ0) is 22.9. The summed E-state index contributed by atoms with van der Waals surface area (Å²) < 4.78 is 7.28. The second-order valence-electron chi connectivity index (χ2n) is 7.48. The number of carbonyl (C=O) groups is 1. The number of ether oxygens (including phenoxy) is 1. The van der Waals surface area contributed by atoms with Gasteiger partial charge in [0.2, 0.25) is 11.8 Å². The molecule has 0 aliphatic carbocycles. The zero-order valence-electron chi connectivity index (χ0n) is 17.4. The van der Waals surface area contributed by atoms with Crippen LogP contribution in [0.1, 0.15) is 34.7 Å². The Morgan fingerprint density at radius 2 is 1.97 bits per heavy atom. The summed E-state index contributed by atoms with van der Waals surface area (Å²) in [5.74, 6) is 1.32. The molecule has 1 aliphatic rings. The molecule has 0 radical (unpaired) electrons. The Balaban J connectivity index is 1.49. The number of aromatic nitrogens is 5. The Bertz CT molecular complexity index is 1440. The predicted octanol–water partition coefficient (Wildman–Crippen LogP) is 2.80. The van der Waals surface area contributed by atoms with E-state index >= 15 is 0 Å². The number of pyridine rings is 1. The molecule has 10 heteroatoms. The maximum Gasteiger partial charge on any atom is 0.264 e. The van der Waals surface area contributed by atoms with Crippen LogP contribution in [-0.2, 0) is 4.79 Å². The maximum absolute atomic E-state index is 12.5. The first-order valence-electron chi connectivity index (χ1n) is 10.1. The van der Waals surface area contributed by atoms with E-state index in [4.69, 9.17) is 4.74 Å². The molecule has 5 rings (SSSR count). The number of anilines is 1. The van der Waals surface area contributed by atoms with Crippen LogP contribution in [0, 0.1) is 18.3 Å². The van der Waals surface area contributed by atoms with Crippen molar-refractivity contribution < 1.29 is 9.53 Å². The first-order chi connectivity index (χ1) is 16.0. The van der Waals surface area contributed by atoms with Gasteiger partial charge < -0.3 is 10.1 Å². The van der Waals surface area contributed by atoms with Crippen LogP contribution in [0.25, 0.3) is 5.82 Å². The lowest BCUT2D eigenvalue weighted by molar-refractivity contribution is -0.116. The highest BCUT2D eigenvalue weighted by molar-refractivity contribution is 5.95. The number of nitriles is 1. The smallest absolute Gasteiger partial charge is 0.264 e. The summed E-state index contributed by atoms with van der Waals surface area (Å²) in [4.78, 5) is 28.0. The number of rotatable bonds is 4. The number of H-pyrrole nitrogens is 1. The number of carbonyl (C=O) groups excluding carboxylic acids is 1. The fraction of sp³-hybridized carbons (Fsp3) is 0.130. The van der Waals surface area contributed by atoms with Gasteiger partial charge in [0, 0.05) is 30.2 Å². The summed E-state index contributed by atoms with van der Waals surface area (Å²) in [6.07, 6.45) is 1.82. The molecule has 0 saturated heterocycles. The second-order valence-corrected chi connectivity index (χ2v) is 7.48. The first kappa shape index (κ1) is 20.1. The SMILES string of the molecule is Cc1nn(-c2ccc(=O)[nH]n2)c2c1C(c1ccc(Oc3ncccc3C#N)cc1)CC(=O)N2. The van der Waals surface area contributed by atoms with Crippen LogP contribution in [0.5, 0.6) is 11.6 Å². The largest absolute Gasteiger partial charge is 0.438 e. The molecule has 0 fully saturated rings. The minimum Gasteiger partial charge on any atom is -0.438 e. The molecule has 33 heavy (non-hydrogen) atoms. The van der Waals surface area contributed by atoms with E-state index in [-0.39, 0.29) is 29.7 Å². The molecule has 1 unspecified atom stereocenters. The summed E-state index contributed by atoms with van der Waals surface area (Å²) in [5, 5.41) is 23.1. The van der Waals surface area contributed by atoms with E-state index in [0.29, 0.717) is 22.9 Å². The maximum atomic E-state index is 12.5. The molecule has 1 aliphatic heterocycles. The molecular weight excluding hydrogens is 422 g/mol. The Hall–Kier alpha value is -4.78. The van der Waals surface area contributed by atoms with Crippen molar-refractivity contribution in [1.29, 1.82) is 5.26 Å². The van der Waals surface area contributed by atoms with Gasteiger partial charge in [-0.1, -0.05) is 12.1 Å². The molecule has 0 spiro atoms. The van der Waals surface area contributed by atoms with Gasteiger partial charge in [-0.05, 0) is 42.8 Å². The van der Waals surface area contributed by atoms with Crippen molar-refractivity contribution in [3.8, 4) is 23.5 Å². The molecular formula is C23H17N7O3. The number of nitrogens with zero attached hydrogens (tertiary/aromatic N) is 5. The number of benzene rings is 1. The average molecular weight is 439 g/mol. The van der Waals surface area contributed by atoms with Crippen LogP contribution in [0.4, 0.5) is 5.82 Å². The zero-order valence-corrected chi connectivity index (χ0v) is 17.4. The van der Waals surface area contributed by atoms with Gasteiger partial charge in [-0.25, -0.2) is 10.1 Å². The number of aromatic amines is 1. The highest BCUT2D eigenvalue weighted by Gasteiger charge is 2.33. The normalized spacial score (nSPS) is 14.8. The third kappa shape index (κ3) is 3.72. The minimum absolute atomic E-state index is 0.148. The van der Waals surface area contributed by atoms with Gasteiger partial charge in [0.05, 0.1) is 5.69 Å². The number of hydrogen-bond acceptors (Lipinski definition) is 7. The standard InChI is InChI=1S/C23H17N7O3/c1-13-21-17(11-20(32)26-22(21)30(29-13)18-8-9-19(31)28-27-18)14-4-6-16(7-5-14)33-23-15(12-24)3-2-10-25-23/h2-10,17H,11H2,1H3,(H,26,32)(H,28,31). The molecule has 10 nitrogen and oxygen atoms in total. The summed E-state index contributed by atoms with van der Waals surface area (Å²) in [5.41, 5.74) is 2.56. The van der Waals surface area contributed by atoms with E-state index in [9.17, 15) is 14.9 Å². The summed E-state index contributed by atoms with van der Waals surface area (Å²) in [6, 6.07) is 15.6. The van der Waals surface area contributed by atoms with E-state index < -0.39 is 0 Å². The second kappa shape index (κ2) is 8.05. The van der Waals surface area contributed by atoms with Crippen molar-refractivity contribution in [2.45, 2.75) is 19.3 Å². The Morgan fingerprint density at radius 1 is 1.15 bits per heavy atom.